The predicted octanol–water partition coefficient (Wildman–Crippen LogP) is 2.60. The van der Waals surface area contributed by atoms with Crippen LogP contribution in [0.4, 0.5) is 10.2 Å². The van der Waals surface area contributed by atoms with E-state index in [-0.39, 0.29) is 11.5 Å². The Hall–Kier alpha value is -4.01. The number of hydrogen-bond acceptors (Lipinski definition) is 6. The minimum Gasteiger partial charge on any atom is -0.487 e. The molecule has 150 valence electrons. The van der Waals surface area contributed by atoms with Crippen molar-refractivity contribution in [3.05, 3.63) is 71.3 Å². The largest absolute Gasteiger partial charge is 0.487 e. The summed E-state index contributed by atoms with van der Waals surface area (Å²) in [5, 5.41) is 8.00. The summed E-state index contributed by atoms with van der Waals surface area (Å²) in [5.41, 5.74) is 7.63. The van der Waals surface area contributed by atoms with Crippen molar-refractivity contribution in [3.63, 3.8) is 0 Å². The quantitative estimate of drug-likeness (QED) is 0.529. The molecule has 0 bridgehead atoms. The van der Waals surface area contributed by atoms with E-state index in [0.29, 0.717) is 42.0 Å². The summed E-state index contributed by atoms with van der Waals surface area (Å²) in [6.45, 7) is 1.06. The van der Waals surface area contributed by atoms with Crippen LogP contribution in [0.25, 0.3) is 16.9 Å². The molecule has 9 heteroatoms. The maximum Gasteiger partial charge on any atom is 0.253 e. The molecule has 1 aliphatic rings. The first-order valence-electron chi connectivity index (χ1n) is 9.39. The van der Waals surface area contributed by atoms with Gasteiger partial charge in [-0.15, -0.1) is 0 Å². The molecule has 0 radical (unpaired) electrons. The molecule has 2 aromatic carbocycles. The van der Waals surface area contributed by atoms with Gasteiger partial charge < -0.3 is 15.8 Å². The lowest BCUT2D eigenvalue weighted by Gasteiger charge is -2.12. The van der Waals surface area contributed by atoms with Crippen LogP contribution >= 0.6 is 0 Å². The highest BCUT2D eigenvalue weighted by Gasteiger charge is 2.23. The number of rotatable bonds is 5. The Labute approximate surface area is 170 Å². The lowest BCUT2D eigenvalue weighted by Crippen LogP contribution is -2.12. The first-order chi connectivity index (χ1) is 14.6. The zero-order valence-corrected chi connectivity index (χ0v) is 15.8. The third-order valence-electron chi connectivity index (χ3n) is 4.92. The van der Waals surface area contributed by atoms with Crippen molar-refractivity contribution in [1.29, 1.82) is 0 Å². The van der Waals surface area contributed by atoms with Gasteiger partial charge in [0.25, 0.3) is 5.95 Å². The first-order valence-corrected chi connectivity index (χ1v) is 9.39. The normalized spacial score (nSPS) is 12.6. The van der Waals surface area contributed by atoms with Gasteiger partial charge in [-0.1, -0.05) is 30.3 Å². The molecule has 0 fully saturated rings. The van der Waals surface area contributed by atoms with Gasteiger partial charge in [-0.2, -0.15) is 14.8 Å². The monoisotopic (exact) mass is 404 g/mol. The summed E-state index contributed by atoms with van der Waals surface area (Å²) in [5.74, 6) is 0.0741. The molecule has 0 spiro atoms. The van der Waals surface area contributed by atoms with Crippen molar-refractivity contribution in [2.45, 2.75) is 13.0 Å². The summed E-state index contributed by atoms with van der Waals surface area (Å²) in [4.78, 5) is 20.8. The fraction of sp³-hybridized carbons (Fsp3) is 0.143. The minimum absolute atomic E-state index is 0.0585. The Morgan fingerprint density at radius 1 is 1.23 bits per heavy atom. The van der Waals surface area contributed by atoms with Gasteiger partial charge in [-0.05, 0) is 11.6 Å². The Kier molecular flexibility index (Phi) is 4.27. The number of benzene rings is 2. The zero-order valence-electron chi connectivity index (χ0n) is 15.8. The van der Waals surface area contributed by atoms with Gasteiger partial charge in [0.15, 0.2) is 11.6 Å². The number of hydrogen-bond donors (Lipinski definition) is 2. The van der Waals surface area contributed by atoms with E-state index >= 15 is 0 Å². The smallest absolute Gasteiger partial charge is 0.253 e. The lowest BCUT2D eigenvalue weighted by atomic mass is 10.1. The molecule has 4 aromatic rings. The number of amides is 1. The molecular weight excluding hydrogens is 387 g/mol. The molecule has 0 atom stereocenters. The van der Waals surface area contributed by atoms with Crippen LogP contribution in [0.1, 0.15) is 21.6 Å². The van der Waals surface area contributed by atoms with E-state index in [1.54, 1.807) is 0 Å². The van der Waals surface area contributed by atoms with Gasteiger partial charge in [0, 0.05) is 24.4 Å². The number of carbonyl (C=O) groups excluding carboxylic acids is 1. The van der Waals surface area contributed by atoms with Crippen molar-refractivity contribution < 1.29 is 13.9 Å². The number of fused-ring (bicyclic) bond motifs is 2. The molecule has 3 N–H and O–H groups in total. The minimum atomic E-state index is -0.729. The molecule has 30 heavy (non-hydrogen) atoms. The van der Waals surface area contributed by atoms with Gasteiger partial charge in [-0.25, -0.2) is 9.37 Å². The Morgan fingerprint density at radius 2 is 2.07 bits per heavy atom. The van der Waals surface area contributed by atoms with E-state index in [4.69, 9.17) is 10.5 Å². The highest BCUT2D eigenvalue weighted by atomic mass is 19.1. The molecular formula is C21H17FN6O2. The third kappa shape index (κ3) is 3.10. The standard InChI is InChI=1S/C21H17FN6O2/c22-13-8-14(19(23)29)15-11-25-28(17(15)9-13)21-26-16-6-7-30-18(16)20(27-21)24-10-12-4-2-1-3-5-12/h1-5,8-9,11H,6-7,10H2,(H2,23,29)(H,24,26,27). The summed E-state index contributed by atoms with van der Waals surface area (Å²) < 4.78 is 21.2. The molecule has 0 saturated heterocycles. The topological polar surface area (TPSA) is 108 Å². The molecule has 0 saturated carbocycles. The average molecular weight is 404 g/mol. The van der Waals surface area contributed by atoms with Crippen LogP contribution in [0.15, 0.2) is 48.7 Å². The fourth-order valence-corrected chi connectivity index (χ4v) is 3.51. The molecule has 2 aromatic heterocycles. The van der Waals surface area contributed by atoms with Crippen LogP contribution in [-0.2, 0) is 13.0 Å². The molecule has 8 nitrogen and oxygen atoms in total. The number of halogens is 1. The predicted molar refractivity (Wildman–Crippen MR) is 108 cm³/mol. The van der Waals surface area contributed by atoms with E-state index in [1.165, 1.54) is 16.9 Å². The number of ether oxygens (including phenoxy) is 1. The zero-order chi connectivity index (χ0) is 20.7. The van der Waals surface area contributed by atoms with Gasteiger partial charge in [-0.3, -0.25) is 4.79 Å². The van der Waals surface area contributed by atoms with Crippen LogP contribution in [0.2, 0.25) is 0 Å². The molecule has 3 heterocycles. The Bertz CT molecular complexity index is 1270. The van der Waals surface area contributed by atoms with Gasteiger partial charge >= 0.3 is 0 Å². The number of carbonyl (C=O) groups is 1. The number of anilines is 1. The van der Waals surface area contributed by atoms with Crippen LogP contribution in [0.5, 0.6) is 5.75 Å². The SMILES string of the molecule is NC(=O)c1cc(F)cc2c1cnn2-c1nc2c(c(NCc3ccccc3)n1)OCC2. The number of nitrogens with zero attached hydrogens (tertiary/aromatic N) is 4. The Morgan fingerprint density at radius 3 is 2.87 bits per heavy atom. The van der Waals surface area contributed by atoms with Gasteiger partial charge in [0.2, 0.25) is 5.91 Å². The number of nitrogens with two attached hydrogens (primary N) is 1. The molecule has 1 amide bonds. The lowest BCUT2D eigenvalue weighted by molar-refractivity contribution is 0.100. The van der Waals surface area contributed by atoms with E-state index in [0.717, 1.165) is 17.3 Å². The van der Waals surface area contributed by atoms with E-state index in [1.807, 2.05) is 30.3 Å². The number of primary amides is 1. The molecule has 5 rings (SSSR count). The number of aromatic nitrogens is 4. The summed E-state index contributed by atoms with van der Waals surface area (Å²) in [6, 6.07) is 12.3. The van der Waals surface area contributed by atoms with E-state index < -0.39 is 11.7 Å². The van der Waals surface area contributed by atoms with Gasteiger partial charge in [0.1, 0.15) is 5.82 Å². The average Bonchev–Trinajstić information content (AvgIpc) is 3.38. The van der Waals surface area contributed by atoms with Crippen molar-refractivity contribution in [2.75, 3.05) is 11.9 Å². The number of nitrogens with one attached hydrogen (secondary N) is 1. The fourth-order valence-electron chi connectivity index (χ4n) is 3.51. The van der Waals surface area contributed by atoms with E-state index in [9.17, 15) is 9.18 Å². The second-order valence-corrected chi connectivity index (χ2v) is 6.89. The van der Waals surface area contributed by atoms with Crippen molar-refractivity contribution >= 4 is 22.6 Å². The van der Waals surface area contributed by atoms with Gasteiger partial charge in [0.05, 0.1) is 29.6 Å². The van der Waals surface area contributed by atoms with Crippen molar-refractivity contribution in [1.82, 2.24) is 19.7 Å². The van der Waals surface area contributed by atoms with Crippen molar-refractivity contribution in [2.24, 2.45) is 5.73 Å². The highest BCUT2D eigenvalue weighted by molar-refractivity contribution is 6.05. The second-order valence-electron chi connectivity index (χ2n) is 6.89. The molecule has 1 aliphatic heterocycles. The van der Waals surface area contributed by atoms with Crippen LogP contribution in [0.3, 0.4) is 0 Å². The summed E-state index contributed by atoms with van der Waals surface area (Å²) in [6.07, 6.45) is 2.09. The van der Waals surface area contributed by atoms with Crippen molar-refractivity contribution in [3.8, 4) is 11.7 Å². The maximum atomic E-state index is 14.1. The molecule has 0 aliphatic carbocycles. The molecule has 0 unspecified atom stereocenters. The van der Waals surface area contributed by atoms with Crippen LogP contribution < -0.4 is 15.8 Å². The Balaban J connectivity index is 1.59. The van der Waals surface area contributed by atoms with Crippen LogP contribution in [0, 0.1) is 5.82 Å². The third-order valence-corrected chi connectivity index (χ3v) is 4.92. The summed E-state index contributed by atoms with van der Waals surface area (Å²) >= 11 is 0. The highest BCUT2D eigenvalue weighted by Crippen LogP contribution is 2.33. The maximum absolute atomic E-state index is 14.1. The first kappa shape index (κ1) is 18.0. The van der Waals surface area contributed by atoms with Crippen LogP contribution in [-0.4, -0.2) is 32.3 Å². The second kappa shape index (κ2) is 7.11. The van der Waals surface area contributed by atoms with E-state index in [2.05, 4.69) is 20.4 Å². The summed E-state index contributed by atoms with van der Waals surface area (Å²) in [7, 11) is 0.